The zero-order chi connectivity index (χ0) is 18.0. The van der Waals surface area contributed by atoms with E-state index in [1.807, 2.05) is 0 Å². The van der Waals surface area contributed by atoms with Gasteiger partial charge in [0.15, 0.2) is 11.5 Å². The number of benzene rings is 2. The second kappa shape index (κ2) is 7.09. The van der Waals surface area contributed by atoms with E-state index in [1.165, 1.54) is 13.2 Å². The maximum absolute atomic E-state index is 12.3. The Kier molecular flexibility index (Phi) is 4.88. The molecule has 5 nitrogen and oxygen atoms in total. The highest BCUT2D eigenvalue weighted by molar-refractivity contribution is 6.42. The van der Waals surface area contributed by atoms with Gasteiger partial charge in [0.2, 0.25) is 5.89 Å². The lowest BCUT2D eigenvalue weighted by molar-refractivity contribution is 0.101. The summed E-state index contributed by atoms with van der Waals surface area (Å²) in [6.07, 6.45) is 1.26. The van der Waals surface area contributed by atoms with E-state index < -0.39 is 5.91 Å². The minimum atomic E-state index is -0.425. The Morgan fingerprint density at radius 3 is 2.40 bits per heavy atom. The number of nitrogens with zero attached hydrogens (tertiary/aromatic N) is 1. The predicted octanol–water partition coefficient (Wildman–Crippen LogP) is 5.10. The number of rotatable bonds is 4. The average molecular weight is 375 g/mol. The lowest BCUT2D eigenvalue weighted by atomic mass is 10.1. The van der Waals surface area contributed by atoms with Crippen LogP contribution in [0, 0.1) is 0 Å². The van der Waals surface area contributed by atoms with Gasteiger partial charge in [-0.1, -0.05) is 23.2 Å². The van der Waals surface area contributed by atoms with Gasteiger partial charge in [0.1, 0.15) is 6.26 Å². The third-order valence-corrected chi connectivity index (χ3v) is 4.19. The summed E-state index contributed by atoms with van der Waals surface area (Å²) in [5.74, 6) is -0.207. The van der Waals surface area contributed by atoms with Crippen molar-refractivity contribution in [1.29, 1.82) is 0 Å². The topological polar surface area (TPSA) is 72.2 Å². The number of carbonyl (C=O) groups excluding carboxylic acids is 2. The molecule has 0 unspecified atom stereocenters. The molecular weight excluding hydrogens is 363 g/mol. The Hall–Kier alpha value is -2.63. The van der Waals surface area contributed by atoms with Crippen LogP contribution in [0.3, 0.4) is 0 Å². The predicted molar refractivity (Wildman–Crippen MR) is 96.4 cm³/mol. The first-order valence-corrected chi connectivity index (χ1v) is 8.03. The molecule has 0 radical (unpaired) electrons. The molecule has 0 fully saturated rings. The van der Waals surface area contributed by atoms with Gasteiger partial charge in [0.25, 0.3) is 5.91 Å². The van der Waals surface area contributed by atoms with Crippen molar-refractivity contribution in [2.45, 2.75) is 6.92 Å². The Bertz CT molecular complexity index is 949. The molecule has 0 aliphatic carbocycles. The minimum Gasteiger partial charge on any atom is -0.444 e. The summed E-state index contributed by atoms with van der Waals surface area (Å²) in [5, 5.41) is 3.48. The molecule has 3 rings (SSSR count). The average Bonchev–Trinajstić information content (AvgIpc) is 3.08. The highest BCUT2D eigenvalue weighted by Crippen LogP contribution is 2.28. The van der Waals surface area contributed by atoms with Crippen LogP contribution >= 0.6 is 23.2 Å². The van der Waals surface area contributed by atoms with E-state index in [0.717, 1.165) is 0 Å². The van der Waals surface area contributed by atoms with E-state index in [4.69, 9.17) is 27.6 Å². The lowest BCUT2D eigenvalue weighted by Crippen LogP contribution is -2.12. The Labute approximate surface area is 153 Å². The molecule has 0 aliphatic heterocycles. The van der Waals surface area contributed by atoms with Crippen molar-refractivity contribution in [3.05, 3.63) is 70.0 Å². The zero-order valence-corrected chi connectivity index (χ0v) is 14.6. The van der Waals surface area contributed by atoms with E-state index in [0.29, 0.717) is 26.9 Å². The van der Waals surface area contributed by atoms with Gasteiger partial charge in [-0.15, -0.1) is 0 Å². The van der Waals surface area contributed by atoms with Gasteiger partial charge in [-0.2, -0.15) is 0 Å². The first-order chi connectivity index (χ1) is 11.9. The fourth-order valence-electron chi connectivity index (χ4n) is 2.12. The minimum absolute atomic E-state index is 0.0411. The number of halogens is 2. The normalized spacial score (nSPS) is 10.5. The van der Waals surface area contributed by atoms with Gasteiger partial charge >= 0.3 is 0 Å². The van der Waals surface area contributed by atoms with Crippen LogP contribution in [0.15, 0.2) is 53.1 Å². The van der Waals surface area contributed by atoms with Crippen LogP contribution < -0.4 is 5.32 Å². The van der Waals surface area contributed by atoms with Crippen molar-refractivity contribution >= 4 is 40.6 Å². The molecule has 3 aromatic rings. The quantitative estimate of drug-likeness (QED) is 0.644. The van der Waals surface area contributed by atoms with Crippen LogP contribution in [0.25, 0.3) is 11.5 Å². The van der Waals surface area contributed by atoms with Gasteiger partial charge in [-0.25, -0.2) is 4.98 Å². The second-order valence-electron chi connectivity index (χ2n) is 5.25. The van der Waals surface area contributed by atoms with Crippen LogP contribution in [0.2, 0.25) is 10.0 Å². The van der Waals surface area contributed by atoms with Crippen molar-refractivity contribution in [1.82, 2.24) is 4.98 Å². The molecule has 1 aromatic heterocycles. The maximum Gasteiger partial charge on any atom is 0.277 e. The molecule has 1 N–H and O–H groups in total. The van der Waals surface area contributed by atoms with Gasteiger partial charge in [-0.05, 0) is 49.4 Å². The molecule has 2 aromatic carbocycles. The highest BCUT2D eigenvalue weighted by atomic mass is 35.5. The van der Waals surface area contributed by atoms with Crippen LogP contribution in [-0.4, -0.2) is 16.7 Å². The Morgan fingerprint density at radius 2 is 1.76 bits per heavy atom. The molecule has 0 atom stereocenters. The van der Waals surface area contributed by atoms with E-state index in [1.54, 1.807) is 42.5 Å². The Balaban J connectivity index is 1.76. The number of hydrogen-bond donors (Lipinski definition) is 1. The summed E-state index contributed by atoms with van der Waals surface area (Å²) in [4.78, 5) is 27.7. The molecule has 0 saturated heterocycles. The summed E-state index contributed by atoms with van der Waals surface area (Å²) in [5.41, 5.74) is 1.85. The van der Waals surface area contributed by atoms with Gasteiger partial charge in [0.05, 0.1) is 10.0 Å². The van der Waals surface area contributed by atoms with Crippen molar-refractivity contribution in [3.8, 4) is 11.5 Å². The van der Waals surface area contributed by atoms with E-state index >= 15 is 0 Å². The summed E-state index contributed by atoms with van der Waals surface area (Å²) in [7, 11) is 0. The summed E-state index contributed by atoms with van der Waals surface area (Å²) in [6.45, 7) is 1.48. The van der Waals surface area contributed by atoms with Crippen molar-refractivity contribution in [2.24, 2.45) is 0 Å². The number of Topliss-reactive ketones (excluding diaryl/α,β-unsaturated/α-hetero) is 1. The number of ketones is 1. The van der Waals surface area contributed by atoms with Gasteiger partial charge < -0.3 is 9.73 Å². The first kappa shape index (κ1) is 17.2. The molecule has 0 bridgehead atoms. The number of anilines is 1. The molecule has 0 spiro atoms. The molecule has 126 valence electrons. The molecule has 7 heteroatoms. The van der Waals surface area contributed by atoms with Crippen LogP contribution in [0.5, 0.6) is 0 Å². The summed E-state index contributed by atoms with van der Waals surface area (Å²) >= 11 is 11.8. The molecular formula is C18H12Cl2N2O3. The largest absolute Gasteiger partial charge is 0.444 e. The van der Waals surface area contributed by atoms with E-state index in [9.17, 15) is 9.59 Å². The van der Waals surface area contributed by atoms with Crippen LogP contribution in [0.4, 0.5) is 5.69 Å². The third-order valence-electron chi connectivity index (χ3n) is 3.45. The Morgan fingerprint density at radius 1 is 1.04 bits per heavy atom. The smallest absolute Gasteiger partial charge is 0.277 e. The van der Waals surface area contributed by atoms with E-state index in [-0.39, 0.29) is 17.4 Å². The molecule has 1 heterocycles. The van der Waals surface area contributed by atoms with Gasteiger partial charge in [-0.3, -0.25) is 9.59 Å². The van der Waals surface area contributed by atoms with Crippen LogP contribution in [0.1, 0.15) is 27.8 Å². The summed E-state index contributed by atoms with van der Waals surface area (Å²) < 4.78 is 5.34. The first-order valence-electron chi connectivity index (χ1n) is 7.27. The number of nitrogens with one attached hydrogen (secondary N) is 1. The molecule has 0 aliphatic rings. The van der Waals surface area contributed by atoms with Crippen molar-refractivity contribution in [2.75, 3.05) is 5.32 Å². The summed E-state index contributed by atoms with van der Waals surface area (Å²) in [6, 6.07) is 11.5. The monoisotopic (exact) mass is 374 g/mol. The number of oxazole rings is 1. The fourth-order valence-corrected chi connectivity index (χ4v) is 2.42. The van der Waals surface area contributed by atoms with Crippen LogP contribution in [-0.2, 0) is 0 Å². The second-order valence-corrected chi connectivity index (χ2v) is 6.07. The van der Waals surface area contributed by atoms with Gasteiger partial charge in [0, 0.05) is 16.8 Å². The maximum atomic E-state index is 12.3. The molecule has 0 saturated carbocycles. The molecule has 25 heavy (non-hydrogen) atoms. The number of aromatic nitrogens is 1. The SMILES string of the molecule is CC(=O)c1ccc(NC(=O)c2coc(-c3ccc(Cl)c(Cl)c3)n2)cc1. The third kappa shape index (κ3) is 3.90. The number of amides is 1. The van der Waals surface area contributed by atoms with E-state index in [2.05, 4.69) is 10.3 Å². The molecule has 1 amide bonds. The van der Waals surface area contributed by atoms with Crippen molar-refractivity contribution < 1.29 is 14.0 Å². The fraction of sp³-hybridized carbons (Fsp3) is 0.0556. The highest BCUT2D eigenvalue weighted by Gasteiger charge is 2.14. The standard InChI is InChI=1S/C18H12Cl2N2O3/c1-10(23)11-2-5-13(6-3-11)21-17(24)16-9-25-18(22-16)12-4-7-14(19)15(20)8-12/h2-9H,1H3,(H,21,24). The number of hydrogen-bond acceptors (Lipinski definition) is 4. The zero-order valence-electron chi connectivity index (χ0n) is 13.0. The number of carbonyl (C=O) groups is 2. The van der Waals surface area contributed by atoms with Crippen molar-refractivity contribution in [3.63, 3.8) is 0 Å². The lowest BCUT2D eigenvalue weighted by Gasteiger charge is -2.03.